The van der Waals surface area contributed by atoms with Crippen LogP contribution in [0.25, 0.3) is 0 Å². The first-order chi connectivity index (χ1) is 9.57. The van der Waals surface area contributed by atoms with Gasteiger partial charge in [-0.3, -0.25) is 0 Å². The topological polar surface area (TPSA) is 21.3 Å². The van der Waals surface area contributed by atoms with Gasteiger partial charge in [-0.1, -0.05) is 30.1 Å². The average Bonchev–Trinajstić information content (AvgIpc) is 2.76. The highest BCUT2D eigenvalue weighted by molar-refractivity contribution is 6.33. The van der Waals surface area contributed by atoms with E-state index in [2.05, 4.69) is 19.2 Å². The summed E-state index contributed by atoms with van der Waals surface area (Å²) in [4.78, 5) is 0. The van der Waals surface area contributed by atoms with Gasteiger partial charge in [-0.15, -0.1) is 0 Å². The van der Waals surface area contributed by atoms with Crippen LogP contribution >= 0.6 is 23.2 Å². The van der Waals surface area contributed by atoms with E-state index in [-0.39, 0.29) is 11.5 Å². The molecule has 2 rings (SSSR count). The fourth-order valence-electron chi connectivity index (χ4n) is 2.92. The molecule has 1 fully saturated rings. The highest BCUT2D eigenvalue weighted by atomic mass is 35.5. The maximum Gasteiger partial charge on any atom is 0.0619 e. The first-order valence-electron chi connectivity index (χ1n) is 7.33. The molecule has 0 aromatic heterocycles. The van der Waals surface area contributed by atoms with Crippen molar-refractivity contribution < 1.29 is 4.74 Å². The molecule has 112 valence electrons. The highest BCUT2D eigenvalue weighted by Crippen LogP contribution is 2.39. The van der Waals surface area contributed by atoms with Gasteiger partial charge < -0.3 is 10.1 Å². The van der Waals surface area contributed by atoms with Crippen molar-refractivity contribution in [3.63, 3.8) is 0 Å². The molecule has 1 saturated heterocycles. The van der Waals surface area contributed by atoms with E-state index in [4.69, 9.17) is 27.9 Å². The van der Waals surface area contributed by atoms with Crippen LogP contribution in [0.4, 0.5) is 0 Å². The van der Waals surface area contributed by atoms with Gasteiger partial charge in [-0.05, 0) is 56.5 Å². The van der Waals surface area contributed by atoms with E-state index in [1.165, 1.54) is 0 Å². The van der Waals surface area contributed by atoms with Gasteiger partial charge in [0, 0.05) is 28.6 Å². The molecule has 0 saturated carbocycles. The Morgan fingerprint density at radius 3 is 2.85 bits per heavy atom. The number of nitrogens with one attached hydrogen (secondary N) is 1. The third-order valence-corrected chi connectivity index (χ3v) is 4.89. The molecule has 2 nitrogen and oxygen atoms in total. The Morgan fingerprint density at radius 1 is 1.40 bits per heavy atom. The van der Waals surface area contributed by atoms with Crippen molar-refractivity contribution in [2.24, 2.45) is 5.41 Å². The predicted octanol–water partition coefficient (Wildman–Crippen LogP) is 4.33. The lowest BCUT2D eigenvalue weighted by molar-refractivity contribution is 0.0631. The summed E-state index contributed by atoms with van der Waals surface area (Å²) >= 11 is 12.4. The van der Waals surface area contributed by atoms with E-state index in [0.29, 0.717) is 0 Å². The summed E-state index contributed by atoms with van der Waals surface area (Å²) in [5, 5.41) is 5.08. The van der Waals surface area contributed by atoms with Crippen LogP contribution in [0, 0.1) is 5.41 Å². The third-order valence-electron chi connectivity index (χ3n) is 4.28. The van der Waals surface area contributed by atoms with E-state index >= 15 is 0 Å². The molecule has 2 unspecified atom stereocenters. The molecule has 1 aromatic rings. The largest absolute Gasteiger partial charge is 0.378 e. The first kappa shape index (κ1) is 16.1. The molecular weight excluding hydrogens is 293 g/mol. The molecule has 0 spiro atoms. The summed E-state index contributed by atoms with van der Waals surface area (Å²) in [5.41, 5.74) is 1.23. The highest BCUT2D eigenvalue weighted by Gasteiger charge is 2.41. The van der Waals surface area contributed by atoms with Crippen molar-refractivity contribution in [2.75, 3.05) is 19.7 Å². The first-order valence-corrected chi connectivity index (χ1v) is 8.09. The van der Waals surface area contributed by atoms with Crippen molar-refractivity contribution in [2.45, 2.75) is 39.2 Å². The van der Waals surface area contributed by atoms with E-state index in [9.17, 15) is 0 Å². The number of ether oxygens (including phenoxy) is 1. The van der Waals surface area contributed by atoms with Gasteiger partial charge in [0.2, 0.25) is 0 Å². The Morgan fingerprint density at radius 2 is 2.20 bits per heavy atom. The molecular formula is C16H23Cl2NO. The van der Waals surface area contributed by atoms with Gasteiger partial charge in [0.1, 0.15) is 0 Å². The Labute approximate surface area is 131 Å². The fourth-order valence-corrected chi connectivity index (χ4v) is 3.30. The van der Waals surface area contributed by atoms with E-state index in [1.807, 2.05) is 18.2 Å². The second-order valence-electron chi connectivity index (χ2n) is 5.71. The van der Waals surface area contributed by atoms with Gasteiger partial charge in [0.25, 0.3) is 0 Å². The van der Waals surface area contributed by atoms with E-state index in [0.717, 1.165) is 54.6 Å². The molecule has 0 aliphatic carbocycles. The second-order valence-corrected chi connectivity index (χ2v) is 6.56. The molecule has 1 aliphatic heterocycles. The van der Waals surface area contributed by atoms with E-state index < -0.39 is 0 Å². The van der Waals surface area contributed by atoms with Gasteiger partial charge in [0.15, 0.2) is 0 Å². The van der Waals surface area contributed by atoms with Gasteiger partial charge in [-0.25, -0.2) is 0 Å². The molecule has 1 aromatic carbocycles. The van der Waals surface area contributed by atoms with Crippen molar-refractivity contribution in [3.8, 4) is 0 Å². The van der Waals surface area contributed by atoms with Crippen LogP contribution in [0.15, 0.2) is 18.2 Å². The van der Waals surface area contributed by atoms with Crippen molar-refractivity contribution in [1.29, 1.82) is 0 Å². The smallest absolute Gasteiger partial charge is 0.0619 e. The molecule has 0 bridgehead atoms. The quantitative estimate of drug-likeness (QED) is 0.789. The fraction of sp³-hybridized carbons (Fsp3) is 0.625. The number of benzene rings is 1. The van der Waals surface area contributed by atoms with Crippen LogP contribution in [-0.2, 0) is 11.2 Å². The van der Waals surface area contributed by atoms with Crippen molar-refractivity contribution in [3.05, 3.63) is 33.8 Å². The van der Waals surface area contributed by atoms with Crippen LogP contribution in [0.1, 0.15) is 32.3 Å². The maximum atomic E-state index is 6.33. The number of hydrogen-bond donors (Lipinski definition) is 1. The summed E-state index contributed by atoms with van der Waals surface area (Å²) in [6.07, 6.45) is 3.35. The molecule has 4 heteroatoms. The number of hydrogen-bond acceptors (Lipinski definition) is 2. The number of rotatable bonds is 6. The van der Waals surface area contributed by atoms with Gasteiger partial charge >= 0.3 is 0 Å². The van der Waals surface area contributed by atoms with Crippen LogP contribution in [0.5, 0.6) is 0 Å². The standard InChI is InChI=1S/C16H23Cl2NO/c1-3-7-19-11-16(6-8-20-12(16)2)10-13-9-14(17)4-5-15(13)18/h4-5,9,12,19H,3,6-8,10-11H2,1-2H3. The minimum atomic E-state index is 0.115. The number of halogens is 2. The summed E-state index contributed by atoms with van der Waals surface area (Å²) in [7, 11) is 0. The zero-order valence-corrected chi connectivity index (χ0v) is 13.7. The molecule has 1 N–H and O–H groups in total. The molecule has 0 radical (unpaired) electrons. The lowest BCUT2D eigenvalue weighted by Gasteiger charge is -2.33. The van der Waals surface area contributed by atoms with Crippen molar-refractivity contribution in [1.82, 2.24) is 5.32 Å². The Bertz CT molecular complexity index is 452. The second kappa shape index (κ2) is 7.13. The molecule has 1 aliphatic rings. The zero-order chi connectivity index (χ0) is 14.6. The molecule has 20 heavy (non-hydrogen) atoms. The SMILES string of the molecule is CCCNCC1(Cc2cc(Cl)ccc2Cl)CCOC1C. The van der Waals surface area contributed by atoms with Crippen LogP contribution in [0.2, 0.25) is 10.0 Å². The maximum absolute atomic E-state index is 6.33. The monoisotopic (exact) mass is 315 g/mol. The Hall–Kier alpha value is -0.280. The van der Waals surface area contributed by atoms with Gasteiger partial charge in [0.05, 0.1) is 6.10 Å². The van der Waals surface area contributed by atoms with Crippen LogP contribution in [-0.4, -0.2) is 25.8 Å². The predicted molar refractivity (Wildman–Crippen MR) is 85.8 cm³/mol. The lowest BCUT2D eigenvalue weighted by atomic mass is 9.76. The normalized spacial score (nSPS) is 26.1. The zero-order valence-electron chi connectivity index (χ0n) is 12.2. The summed E-state index contributed by atoms with van der Waals surface area (Å²) in [6, 6.07) is 5.70. The minimum Gasteiger partial charge on any atom is -0.378 e. The summed E-state index contributed by atoms with van der Waals surface area (Å²) in [5.74, 6) is 0. The minimum absolute atomic E-state index is 0.115. The lowest BCUT2D eigenvalue weighted by Crippen LogP contribution is -2.41. The summed E-state index contributed by atoms with van der Waals surface area (Å²) < 4.78 is 5.83. The Balaban J connectivity index is 2.17. The van der Waals surface area contributed by atoms with E-state index in [1.54, 1.807) is 0 Å². The van der Waals surface area contributed by atoms with Gasteiger partial charge in [-0.2, -0.15) is 0 Å². The third kappa shape index (κ3) is 3.67. The molecule has 2 atom stereocenters. The Kier molecular flexibility index (Phi) is 5.74. The van der Waals surface area contributed by atoms with Crippen LogP contribution in [0.3, 0.4) is 0 Å². The van der Waals surface area contributed by atoms with Crippen LogP contribution < -0.4 is 5.32 Å². The average molecular weight is 316 g/mol. The molecule has 1 heterocycles. The van der Waals surface area contributed by atoms with Crippen molar-refractivity contribution >= 4 is 23.2 Å². The summed E-state index contributed by atoms with van der Waals surface area (Å²) in [6.45, 7) is 7.18. The molecule has 0 amide bonds.